The summed E-state index contributed by atoms with van der Waals surface area (Å²) in [6.45, 7) is 7.61. The number of rotatable bonds is 8. The van der Waals surface area contributed by atoms with E-state index in [0.29, 0.717) is 29.4 Å². The van der Waals surface area contributed by atoms with E-state index in [1.807, 2.05) is 18.9 Å². The number of fused-ring (bicyclic) bond motifs is 1. The molecule has 2 aromatic heterocycles. The normalized spacial score (nSPS) is 23.0. The molecule has 1 aliphatic heterocycles. The van der Waals surface area contributed by atoms with Crippen molar-refractivity contribution in [3.63, 3.8) is 0 Å². The van der Waals surface area contributed by atoms with Crippen LogP contribution in [0.5, 0.6) is 0 Å². The number of benzene rings is 1. The molecule has 1 unspecified atom stereocenters. The first kappa shape index (κ1) is 26.1. The van der Waals surface area contributed by atoms with Gasteiger partial charge in [0, 0.05) is 31.9 Å². The zero-order valence-electron chi connectivity index (χ0n) is 21.8. The highest BCUT2D eigenvalue weighted by atomic mass is 32.2. The van der Waals surface area contributed by atoms with Crippen LogP contribution < -0.4 is 4.90 Å². The Bertz CT molecular complexity index is 1490. The molecule has 1 aromatic carbocycles. The van der Waals surface area contributed by atoms with E-state index in [0.717, 1.165) is 31.4 Å². The molecule has 2 fully saturated rings. The van der Waals surface area contributed by atoms with Crippen LogP contribution in [0.4, 0.5) is 5.82 Å². The highest BCUT2D eigenvalue weighted by Gasteiger charge is 2.40. The van der Waals surface area contributed by atoms with Crippen molar-refractivity contribution in [2.24, 2.45) is 5.92 Å². The summed E-state index contributed by atoms with van der Waals surface area (Å²) < 4.78 is 53.8. The molecule has 1 saturated heterocycles. The predicted molar refractivity (Wildman–Crippen MR) is 145 cm³/mol. The molecule has 0 spiro atoms. The molecule has 11 heteroatoms. The van der Waals surface area contributed by atoms with Crippen molar-refractivity contribution in [3.05, 3.63) is 48.4 Å². The highest BCUT2D eigenvalue weighted by molar-refractivity contribution is 7.92. The van der Waals surface area contributed by atoms with Gasteiger partial charge in [-0.15, -0.1) is 0 Å². The van der Waals surface area contributed by atoms with Gasteiger partial charge in [0.25, 0.3) is 10.0 Å². The molecule has 0 amide bonds. The lowest BCUT2D eigenvalue weighted by molar-refractivity contribution is 0.274. The molecule has 2 aliphatic rings. The zero-order valence-corrected chi connectivity index (χ0v) is 23.4. The maximum atomic E-state index is 13.3. The summed E-state index contributed by atoms with van der Waals surface area (Å²) in [6.07, 6.45) is 5.16. The Morgan fingerprint density at radius 1 is 1.05 bits per heavy atom. The van der Waals surface area contributed by atoms with Crippen LogP contribution in [0, 0.1) is 12.8 Å². The first-order valence-electron chi connectivity index (χ1n) is 12.8. The predicted octanol–water partition coefficient (Wildman–Crippen LogP) is 3.09. The van der Waals surface area contributed by atoms with E-state index in [1.165, 1.54) is 16.5 Å². The summed E-state index contributed by atoms with van der Waals surface area (Å²) in [5.74, 6) is 1.02. The number of anilines is 1. The van der Waals surface area contributed by atoms with Crippen LogP contribution in [0.2, 0.25) is 0 Å². The van der Waals surface area contributed by atoms with Gasteiger partial charge in [-0.25, -0.2) is 30.8 Å². The average Bonchev–Trinajstić information content (AvgIpc) is 3.49. The van der Waals surface area contributed by atoms with Gasteiger partial charge in [-0.2, -0.15) is 0 Å². The van der Waals surface area contributed by atoms with Crippen molar-refractivity contribution < 1.29 is 16.8 Å². The first-order valence-corrected chi connectivity index (χ1v) is 16.0. The second kappa shape index (κ2) is 9.67. The van der Waals surface area contributed by atoms with Crippen LogP contribution in [-0.2, 0) is 19.9 Å². The number of likely N-dealkylation sites (tertiary alicyclic amines) is 1. The van der Waals surface area contributed by atoms with Gasteiger partial charge >= 0.3 is 0 Å². The van der Waals surface area contributed by atoms with Crippen molar-refractivity contribution >= 4 is 36.7 Å². The first-order chi connectivity index (χ1) is 17.5. The maximum Gasteiger partial charge on any atom is 0.269 e. The number of aryl methyl sites for hydroxylation is 1. The number of hydrogen-bond acceptors (Lipinski definition) is 8. The fraction of sp³-hybridized carbons (Fsp3) is 0.538. The second-order valence-corrected chi connectivity index (χ2v) is 14.9. The van der Waals surface area contributed by atoms with E-state index >= 15 is 0 Å². The van der Waals surface area contributed by atoms with Gasteiger partial charge in [0.05, 0.1) is 21.3 Å². The minimum atomic E-state index is -3.80. The molecule has 1 atom stereocenters. The summed E-state index contributed by atoms with van der Waals surface area (Å²) >= 11 is 0. The smallest absolute Gasteiger partial charge is 0.269 e. The molecular weight excluding hydrogens is 510 g/mol. The number of hydrogen-bond donors (Lipinski definition) is 0. The van der Waals surface area contributed by atoms with E-state index in [4.69, 9.17) is 0 Å². The summed E-state index contributed by atoms with van der Waals surface area (Å²) in [6, 6.07) is 8.98. The van der Waals surface area contributed by atoms with E-state index in [-0.39, 0.29) is 27.9 Å². The minimum absolute atomic E-state index is 0.134. The zero-order chi connectivity index (χ0) is 26.5. The molecule has 0 N–H and O–H groups in total. The third-order valence-electron chi connectivity index (χ3n) is 7.98. The maximum absolute atomic E-state index is 13.3. The fourth-order valence-corrected chi connectivity index (χ4v) is 8.91. The summed E-state index contributed by atoms with van der Waals surface area (Å²) in [7, 11) is -5.00. The minimum Gasteiger partial charge on any atom is -0.356 e. The lowest BCUT2D eigenvalue weighted by Crippen LogP contribution is -2.46. The molecule has 1 aliphatic carbocycles. The quantitative estimate of drug-likeness (QED) is 0.425. The lowest BCUT2D eigenvalue weighted by Gasteiger charge is -2.42. The van der Waals surface area contributed by atoms with Crippen LogP contribution in [0.25, 0.3) is 11.0 Å². The Balaban J connectivity index is 1.29. The Morgan fingerprint density at radius 3 is 2.41 bits per heavy atom. The van der Waals surface area contributed by atoms with Crippen molar-refractivity contribution in [2.75, 3.05) is 30.8 Å². The van der Waals surface area contributed by atoms with Gasteiger partial charge in [0.15, 0.2) is 15.5 Å². The Hall–Kier alpha value is -2.50. The van der Waals surface area contributed by atoms with Gasteiger partial charge in [0.2, 0.25) is 0 Å². The third-order valence-corrected chi connectivity index (χ3v) is 12.0. The van der Waals surface area contributed by atoms with E-state index in [2.05, 4.69) is 28.7 Å². The number of nitrogens with zero attached hydrogens (tertiary/aromatic N) is 5. The molecule has 1 saturated carbocycles. The second-order valence-electron chi connectivity index (χ2n) is 10.8. The largest absolute Gasteiger partial charge is 0.356 e. The van der Waals surface area contributed by atoms with Crippen molar-refractivity contribution in [1.82, 2.24) is 18.8 Å². The standard InChI is InChI=1S/C26H35N5O4S2/c1-18(2)30-11-9-23(15-30)36(32,33)16-20-13-21(14-20)29(4)25-24-10-12-31(26(24)28-17-27-25)37(34,35)22-7-5-19(3)6-8-22/h5-8,10,12,17-18,20-21,23H,9,11,13-16H2,1-4H3/t20-,21+,23?. The van der Waals surface area contributed by atoms with Crippen LogP contribution in [0.15, 0.2) is 47.8 Å². The van der Waals surface area contributed by atoms with Gasteiger partial charge in [0.1, 0.15) is 12.1 Å². The van der Waals surface area contributed by atoms with Gasteiger partial charge in [-0.1, -0.05) is 17.7 Å². The summed E-state index contributed by atoms with van der Waals surface area (Å²) in [5, 5.41) is 0.389. The van der Waals surface area contributed by atoms with Gasteiger partial charge in [-0.3, -0.25) is 4.90 Å². The van der Waals surface area contributed by atoms with Crippen LogP contribution in [-0.4, -0.2) is 78.9 Å². The van der Waals surface area contributed by atoms with Crippen molar-refractivity contribution in [2.45, 2.75) is 62.3 Å². The number of sulfone groups is 1. The molecule has 0 radical (unpaired) electrons. The topological polar surface area (TPSA) is 105 Å². The van der Waals surface area contributed by atoms with E-state index in [1.54, 1.807) is 30.3 Å². The lowest BCUT2D eigenvalue weighted by atomic mass is 9.81. The van der Waals surface area contributed by atoms with Crippen molar-refractivity contribution in [3.8, 4) is 0 Å². The molecule has 3 heterocycles. The molecule has 200 valence electrons. The van der Waals surface area contributed by atoms with Crippen LogP contribution in [0.3, 0.4) is 0 Å². The summed E-state index contributed by atoms with van der Waals surface area (Å²) in [5.41, 5.74) is 1.31. The van der Waals surface area contributed by atoms with Crippen molar-refractivity contribution in [1.29, 1.82) is 0 Å². The molecule has 5 rings (SSSR count). The van der Waals surface area contributed by atoms with Crippen LogP contribution >= 0.6 is 0 Å². The Labute approximate surface area is 219 Å². The average molecular weight is 546 g/mol. The SMILES string of the molecule is Cc1ccc(S(=O)(=O)n2ccc3c(N(C)[C@H]4C[C@@H](CS(=O)(=O)C5CCN(C(C)C)C5)C4)ncnc32)cc1. The summed E-state index contributed by atoms with van der Waals surface area (Å²) in [4.78, 5) is 13.2. The Kier molecular flexibility index (Phi) is 6.82. The fourth-order valence-electron chi connectivity index (χ4n) is 5.52. The molecular formula is C26H35N5O4S2. The number of aromatic nitrogens is 3. The van der Waals surface area contributed by atoms with Crippen LogP contribution in [0.1, 0.15) is 38.7 Å². The van der Waals surface area contributed by atoms with Gasteiger partial charge in [-0.05, 0) is 70.7 Å². The molecule has 9 nitrogen and oxygen atoms in total. The van der Waals surface area contributed by atoms with E-state index in [9.17, 15) is 16.8 Å². The third kappa shape index (κ3) is 4.88. The molecule has 3 aromatic rings. The molecule has 0 bridgehead atoms. The molecule has 37 heavy (non-hydrogen) atoms. The monoisotopic (exact) mass is 545 g/mol. The highest BCUT2D eigenvalue weighted by Crippen LogP contribution is 2.37. The van der Waals surface area contributed by atoms with Gasteiger partial charge < -0.3 is 4.90 Å². The Morgan fingerprint density at radius 2 is 1.76 bits per heavy atom. The van der Waals surface area contributed by atoms with E-state index < -0.39 is 19.9 Å².